The number of halogens is 1. The number of rotatable bonds is 2. The van der Waals surface area contributed by atoms with Crippen molar-refractivity contribution >= 4 is 17.4 Å². The Kier molecular flexibility index (Phi) is 4.45. The molecule has 0 aliphatic heterocycles. The lowest BCUT2D eigenvalue weighted by Gasteiger charge is -2.36. The second kappa shape index (κ2) is 6.30. The first-order valence-corrected chi connectivity index (χ1v) is 8.40. The smallest absolute Gasteiger partial charge is 0.135 e. The molecule has 0 saturated heterocycles. The third kappa shape index (κ3) is 2.78. The van der Waals surface area contributed by atoms with Crippen LogP contribution in [0.1, 0.15) is 56.2 Å². The summed E-state index contributed by atoms with van der Waals surface area (Å²) in [6.07, 6.45) is 12.6. The SMILES string of the molecule is CN(c1ncnc2c1CCCCC2)C1CCCCC1Cl. The fourth-order valence-electron chi connectivity index (χ4n) is 3.64. The van der Waals surface area contributed by atoms with Crippen LogP contribution in [-0.2, 0) is 12.8 Å². The molecule has 3 rings (SSSR count). The summed E-state index contributed by atoms with van der Waals surface area (Å²) in [5.74, 6) is 1.13. The van der Waals surface area contributed by atoms with Gasteiger partial charge in [0, 0.05) is 24.3 Å². The third-order valence-electron chi connectivity index (χ3n) is 4.83. The lowest BCUT2D eigenvalue weighted by Crippen LogP contribution is -2.42. The van der Waals surface area contributed by atoms with E-state index in [-0.39, 0.29) is 5.38 Å². The van der Waals surface area contributed by atoms with Crippen LogP contribution in [0.4, 0.5) is 5.82 Å². The van der Waals surface area contributed by atoms with Gasteiger partial charge in [-0.1, -0.05) is 19.3 Å². The van der Waals surface area contributed by atoms with Crippen LogP contribution in [-0.4, -0.2) is 28.4 Å². The van der Waals surface area contributed by atoms with Gasteiger partial charge in [0.25, 0.3) is 0 Å². The number of hydrogen-bond acceptors (Lipinski definition) is 3. The minimum atomic E-state index is 0.255. The lowest BCUT2D eigenvalue weighted by atomic mass is 9.93. The van der Waals surface area contributed by atoms with Gasteiger partial charge in [0.05, 0.1) is 5.38 Å². The van der Waals surface area contributed by atoms with E-state index in [2.05, 4.69) is 21.9 Å². The van der Waals surface area contributed by atoms with E-state index in [9.17, 15) is 0 Å². The summed E-state index contributed by atoms with van der Waals surface area (Å²) in [4.78, 5) is 11.5. The van der Waals surface area contributed by atoms with Crippen LogP contribution in [0.25, 0.3) is 0 Å². The Morgan fingerprint density at radius 3 is 2.70 bits per heavy atom. The molecule has 0 spiro atoms. The highest BCUT2D eigenvalue weighted by atomic mass is 35.5. The highest BCUT2D eigenvalue weighted by Gasteiger charge is 2.29. The highest BCUT2D eigenvalue weighted by Crippen LogP contribution is 2.32. The second-order valence-electron chi connectivity index (χ2n) is 6.16. The number of aryl methyl sites for hydroxylation is 1. The maximum Gasteiger partial charge on any atom is 0.135 e. The van der Waals surface area contributed by atoms with Crippen molar-refractivity contribution in [2.24, 2.45) is 0 Å². The number of anilines is 1. The van der Waals surface area contributed by atoms with Crippen molar-refractivity contribution in [1.82, 2.24) is 9.97 Å². The number of nitrogens with zero attached hydrogens (tertiary/aromatic N) is 3. The van der Waals surface area contributed by atoms with Crippen LogP contribution in [0.2, 0.25) is 0 Å². The van der Waals surface area contributed by atoms with Crippen molar-refractivity contribution in [3.63, 3.8) is 0 Å². The summed E-state index contributed by atoms with van der Waals surface area (Å²) in [6.45, 7) is 0. The monoisotopic (exact) mass is 293 g/mol. The van der Waals surface area contributed by atoms with Gasteiger partial charge in [0.15, 0.2) is 0 Å². The zero-order chi connectivity index (χ0) is 13.9. The summed E-state index contributed by atoms with van der Waals surface area (Å²) in [6, 6.07) is 0.424. The molecule has 1 aromatic rings. The van der Waals surface area contributed by atoms with Crippen LogP contribution in [0.5, 0.6) is 0 Å². The molecule has 0 aromatic carbocycles. The summed E-state index contributed by atoms with van der Waals surface area (Å²) in [5.41, 5.74) is 2.64. The molecule has 1 saturated carbocycles. The average Bonchev–Trinajstić information content (AvgIpc) is 2.72. The van der Waals surface area contributed by atoms with E-state index < -0.39 is 0 Å². The van der Waals surface area contributed by atoms with Crippen molar-refractivity contribution in [2.75, 3.05) is 11.9 Å². The molecule has 2 unspecified atom stereocenters. The van der Waals surface area contributed by atoms with E-state index >= 15 is 0 Å². The molecular weight excluding hydrogens is 270 g/mol. The normalized spacial score (nSPS) is 26.7. The van der Waals surface area contributed by atoms with Gasteiger partial charge in [-0.15, -0.1) is 11.6 Å². The zero-order valence-corrected chi connectivity index (χ0v) is 13.1. The van der Waals surface area contributed by atoms with Gasteiger partial charge < -0.3 is 4.90 Å². The van der Waals surface area contributed by atoms with E-state index in [1.165, 1.54) is 49.8 Å². The van der Waals surface area contributed by atoms with Crippen molar-refractivity contribution in [3.8, 4) is 0 Å². The van der Waals surface area contributed by atoms with E-state index in [1.807, 2.05) is 0 Å². The fourth-order valence-corrected chi connectivity index (χ4v) is 4.09. The summed E-state index contributed by atoms with van der Waals surface area (Å²) in [5, 5.41) is 0.255. The maximum atomic E-state index is 6.56. The molecule has 3 nitrogen and oxygen atoms in total. The van der Waals surface area contributed by atoms with Crippen LogP contribution < -0.4 is 4.90 Å². The number of aromatic nitrogens is 2. The number of alkyl halides is 1. The van der Waals surface area contributed by atoms with E-state index in [4.69, 9.17) is 11.6 Å². The minimum absolute atomic E-state index is 0.255. The average molecular weight is 294 g/mol. The van der Waals surface area contributed by atoms with Crippen molar-refractivity contribution < 1.29 is 0 Å². The Balaban J connectivity index is 1.89. The molecule has 1 aromatic heterocycles. The third-order valence-corrected chi connectivity index (χ3v) is 5.34. The largest absolute Gasteiger partial charge is 0.355 e. The molecule has 0 N–H and O–H groups in total. The van der Waals surface area contributed by atoms with Crippen molar-refractivity contribution in [1.29, 1.82) is 0 Å². The van der Waals surface area contributed by atoms with Gasteiger partial charge in [-0.3, -0.25) is 0 Å². The predicted octanol–water partition coefficient (Wildman–Crippen LogP) is 3.73. The molecule has 0 radical (unpaired) electrons. The van der Waals surface area contributed by atoms with Crippen LogP contribution in [0.3, 0.4) is 0 Å². The topological polar surface area (TPSA) is 29.0 Å². The predicted molar refractivity (Wildman–Crippen MR) is 83.6 cm³/mol. The van der Waals surface area contributed by atoms with Gasteiger partial charge in [-0.2, -0.15) is 0 Å². The summed E-state index contributed by atoms with van der Waals surface area (Å²) < 4.78 is 0. The van der Waals surface area contributed by atoms with Gasteiger partial charge in [0.1, 0.15) is 12.1 Å². The number of fused-ring (bicyclic) bond motifs is 1. The standard InChI is InChI=1S/C16H24ClN3/c1-20(15-10-6-5-8-13(15)17)16-12-7-3-2-4-9-14(12)18-11-19-16/h11,13,15H,2-10H2,1H3. The Morgan fingerprint density at radius 2 is 1.85 bits per heavy atom. The first kappa shape index (κ1) is 14.1. The number of hydrogen-bond donors (Lipinski definition) is 0. The van der Waals surface area contributed by atoms with Crippen LogP contribution in [0, 0.1) is 0 Å². The van der Waals surface area contributed by atoms with Gasteiger partial charge in [-0.05, 0) is 38.5 Å². The van der Waals surface area contributed by atoms with E-state index in [0.717, 1.165) is 25.1 Å². The molecule has 0 amide bonds. The minimum Gasteiger partial charge on any atom is -0.355 e. The summed E-state index contributed by atoms with van der Waals surface area (Å²) in [7, 11) is 2.17. The van der Waals surface area contributed by atoms with Gasteiger partial charge in [0.2, 0.25) is 0 Å². The zero-order valence-electron chi connectivity index (χ0n) is 12.3. The van der Waals surface area contributed by atoms with E-state index in [0.29, 0.717) is 6.04 Å². The quantitative estimate of drug-likeness (QED) is 0.614. The fraction of sp³-hybridized carbons (Fsp3) is 0.750. The lowest BCUT2D eigenvalue weighted by molar-refractivity contribution is 0.432. The molecule has 2 aliphatic carbocycles. The molecule has 110 valence electrons. The van der Waals surface area contributed by atoms with Gasteiger partial charge in [-0.25, -0.2) is 9.97 Å². The first-order chi connectivity index (χ1) is 9.77. The van der Waals surface area contributed by atoms with Crippen LogP contribution >= 0.6 is 11.6 Å². The molecule has 2 atom stereocenters. The maximum absolute atomic E-state index is 6.56. The Hall–Kier alpha value is -0.830. The van der Waals surface area contributed by atoms with Gasteiger partial charge >= 0.3 is 0 Å². The van der Waals surface area contributed by atoms with Crippen molar-refractivity contribution in [2.45, 2.75) is 69.2 Å². The molecule has 1 fully saturated rings. The Morgan fingerprint density at radius 1 is 1.05 bits per heavy atom. The Bertz CT molecular complexity index is 463. The molecular formula is C16H24ClN3. The van der Waals surface area contributed by atoms with E-state index in [1.54, 1.807) is 6.33 Å². The molecule has 1 heterocycles. The first-order valence-electron chi connectivity index (χ1n) is 7.97. The van der Waals surface area contributed by atoms with Crippen molar-refractivity contribution in [3.05, 3.63) is 17.6 Å². The molecule has 20 heavy (non-hydrogen) atoms. The molecule has 2 aliphatic rings. The Labute approximate surface area is 126 Å². The second-order valence-corrected chi connectivity index (χ2v) is 6.72. The molecule has 0 bridgehead atoms. The highest BCUT2D eigenvalue weighted by molar-refractivity contribution is 6.21. The summed E-state index contributed by atoms with van der Waals surface area (Å²) >= 11 is 6.56. The molecule has 4 heteroatoms. The van der Waals surface area contributed by atoms with Crippen LogP contribution in [0.15, 0.2) is 6.33 Å².